The molecule has 10 nitrogen and oxygen atoms in total. The molecule has 4 heterocycles. The van der Waals surface area contributed by atoms with Gasteiger partial charge in [0.1, 0.15) is 12.2 Å². The van der Waals surface area contributed by atoms with Crippen LogP contribution < -0.4 is 29.0 Å². The topological polar surface area (TPSA) is 110 Å². The summed E-state index contributed by atoms with van der Waals surface area (Å²) >= 11 is 0. The maximum absolute atomic E-state index is 5.93. The van der Waals surface area contributed by atoms with Crippen molar-refractivity contribution >= 4 is 11.7 Å². The minimum atomic E-state index is 0.208. The molecule has 6 rings (SSSR count). The van der Waals surface area contributed by atoms with Crippen LogP contribution in [0.3, 0.4) is 0 Å². The molecule has 0 atom stereocenters. The SMILES string of the molecule is c1cnc(OCc2ccc3c(c2)OCO3)c(-c2nnc(Nc3ccc4c(c3)OCO4)o2)c1. The Morgan fingerprint density at radius 1 is 0.844 bits per heavy atom. The third-order valence-corrected chi connectivity index (χ3v) is 4.86. The molecule has 0 bridgehead atoms. The average Bonchev–Trinajstić information content (AvgIpc) is 3.58. The van der Waals surface area contributed by atoms with Crippen LogP contribution in [0.1, 0.15) is 5.56 Å². The van der Waals surface area contributed by atoms with Crippen molar-refractivity contribution in [1.29, 1.82) is 0 Å². The summed E-state index contributed by atoms with van der Waals surface area (Å²) in [6.07, 6.45) is 1.64. The van der Waals surface area contributed by atoms with Gasteiger partial charge in [-0.1, -0.05) is 11.2 Å². The van der Waals surface area contributed by atoms with Crippen LogP contribution in [0.25, 0.3) is 11.5 Å². The van der Waals surface area contributed by atoms with Crippen molar-refractivity contribution in [3.63, 3.8) is 0 Å². The summed E-state index contributed by atoms with van der Waals surface area (Å²) in [4.78, 5) is 4.32. The van der Waals surface area contributed by atoms with Crippen LogP contribution in [0.4, 0.5) is 11.7 Å². The van der Waals surface area contributed by atoms with E-state index in [2.05, 4.69) is 20.5 Å². The molecule has 2 aliphatic heterocycles. The average molecular weight is 432 g/mol. The van der Waals surface area contributed by atoms with E-state index in [-0.39, 0.29) is 32.1 Å². The first-order valence-corrected chi connectivity index (χ1v) is 9.79. The minimum absolute atomic E-state index is 0.208. The van der Waals surface area contributed by atoms with Crippen LogP contribution in [-0.4, -0.2) is 28.8 Å². The van der Waals surface area contributed by atoms with Gasteiger partial charge in [0, 0.05) is 18.0 Å². The molecule has 2 aromatic heterocycles. The number of anilines is 2. The van der Waals surface area contributed by atoms with Gasteiger partial charge in [0.25, 0.3) is 5.89 Å². The Morgan fingerprint density at radius 2 is 1.62 bits per heavy atom. The molecule has 0 spiro atoms. The van der Waals surface area contributed by atoms with Crippen molar-refractivity contribution in [2.24, 2.45) is 0 Å². The maximum Gasteiger partial charge on any atom is 0.320 e. The second-order valence-electron chi connectivity index (χ2n) is 6.94. The van der Waals surface area contributed by atoms with Gasteiger partial charge in [-0.2, -0.15) is 0 Å². The van der Waals surface area contributed by atoms with E-state index in [0.717, 1.165) is 17.0 Å². The Kier molecular flexibility index (Phi) is 4.38. The molecule has 160 valence electrons. The fraction of sp³-hybridized carbons (Fsp3) is 0.136. The van der Waals surface area contributed by atoms with Gasteiger partial charge < -0.3 is 33.4 Å². The van der Waals surface area contributed by atoms with Crippen LogP contribution in [0.2, 0.25) is 0 Å². The first-order chi connectivity index (χ1) is 15.8. The summed E-state index contributed by atoms with van der Waals surface area (Å²) in [5.74, 6) is 3.43. The fourth-order valence-electron chi connectivity index (χ4n) is 3.33. The predicted molar refractivity (Wildman–Crippen MR) is 110 cm³/mol. The molecule has 0 radical (unpaired) electrons. The van der Waals surface area contributed by atoms with Gasteiger partial charge in [0.15, 0.2) is 23.0 Å². The molecule has 32 heavy (non-hydrogen) atoms. The Morgan fingerprint density at radius 3 is 2.50 bits per heavy atom. The van der Waals surface area contributed by atoms with Crippen LogP contribution in [-0.2, 0) is 6.61 Å². The van der Waals surface area contributed by atoms with E-state index in [1.165, 1.54) is 0 Å². The number of ether oxygens (including phenoxy) is 5. The van der Waals surface area contributed by atoms with Gasteiger partial charge in [-0.05, 0) is 42.0 Å². The van der Waals surface area contributed by atoms with Gasteiger partial charge in [-0.25, -0.2) is 4.98 Å². The molecule has 0 aliphatic carbocycles. The number of fused-ring (bicyclic) bond motifs is 2. The zero-order valence-electron chi connectivity index (χ0n) is 16.6. The highest BCUT2D eigenvalue weighted by Crippen LogP contribution is 2.36. The molecule has 1 N–H and O–H groups in total. The van der Waals surface area contributed by atoms with Crippen LogP contribution >= 0.6 is 0 Å². The third-order valence-electron chi connectivity index (χ3n) is 4.86. The van der Waals surface area contributed by atoms with E-state index in [0.29, 0.717) is 28.7 Å². The van der Waals surface area contributed by atoms with Gasteiger partial charge >= 0.3 is 6.01 Å². The molecular weight excluding hydrogens is 416 g/mol. The maximum atomic E-state index is 5.93. The van der Waals surface area contributed by atoms with Crippen LogP contribution in [0, 0.1) is 0 Å². The van der Waals surface area contributed by atoms with E-state index < -0.39 is 0 Å². The molecule has 4 aromatic rings. The molecule has 0 saturated heterocycles. The number of hydrogen-bond acceptors (Lipinski definition) is 10. The number of aromatic nitrogens is 3. The van der Waals surface area contributed by atoms with E-state index in [9.17, 15) is 0 Å². The minimum Gasteiger partial charge on any atom is -0.472 e. The number of benzene rings is 2. The monoisotopic (exact) mass is 432 g/mol. The van der Waals surface area contributed by atoms with Gasteiger partial charge in [-0.3, -0.25) is 0 Å². The highest BCUT2D eigenvalue weighted by atomic mass is 16.7. The van der Waals surface area contributed by atoms with E-state index in [4.69, 9.17) is 28.1 Å². The lowest BCUT2D eigenvalue weighted by molar-refractivity contribution is 0.173. The summed E-state index contributed by atoms with van der Waals surface area (Å²) in [7, 11) is 0. The number of nitrogens with zero attached hydrogens (tertiary/aromatic N) is 3. The Balaban J connectivity index is 1.19. The van der Waals surface area contributed by atoms with E-state index >= 15 is 0 Å². The lowest BCUT2D eigenvalue weighted by Crippen LogP contribution is -1.99. The van der Waals surface area contributed by atoms with Gasteiger partial charge in [0.2, 0.25) is 19.5 Å². The molecular formula is C22H16N4O6. The van der Waals surface area contributed by atoms with Crippen molar-refractivity contribution in [2.75, 3.05) is 18.9 Å². The number of rotatable bonds is 6. The van der Waals surface area contributed by atoms with Gasteiger partial charge in [-0.15, -0.1) is 5.10 Å². The van der Waals surface area contributed by atoms with Crippen molar-refractivity contribution in [2.45, 2.75) is 6.61 Å². The zero-order chi connectivity index (χ0) is 21.3. The quantitative estimate of drug-likeness (QED) is 0.481. The molecule has 0 saturated carbocycles. The van der Waals surface area contributed by atoms with Crippen molar-refractivity contribution in [3.05, 3.63) is 60.3 Å². The number of hydrogen-bond donors (Lipinski definition) is 1. The van der Waals surface area contributed by atoms with Gasteiger partial charge in [0.05, 0.1) is 0 Å². The number of nitrogens with one attached hydrogen (secondary N) is 1. The largest absolute Gasteiger partial charge is 0.472 e. The molecule has 2 aromatic carbocycles. The molecule has 0 fully saturated rings. The highest BCUT2D eigenvalue weighted by Gasteiger charge is 2.18. The standard InChI is InChI=1S/C22H16N4O6/c1-2-15(20(23-7-1)27-10-13-3-5-16-18(8-13)30-11-28-16)21-25-26-22(32-21)24-14-4-6-17-19(9-14)31-12-29-17/h1-9H,10-12H2,(H,24,26). The Bertz CT molecular complexity index is 1290. The van der Waals surface area contributed by atoms with Crippen LogP contribution in [0.5, 0.6) is 28.9 Å². The summed E-state index contributed by atoms with van der Waals surface area (Å²) < 4.78 is 33.2. The summed E-state index contributed by atoms with van der Waals surface area (Å²) in [6, 6.07) is 14.9. The molecule has 10 heteroatoms. The molecule has 0 amide bonds. The predicted octanol–water partition coefficient (Wildman–Crippen LogP) is 3.91. The number of pyridine rings is 1. The lowest BCUT2D eigenvalue weighted by Gasteiger charge is -2.08. The molecule has 0 unspecified atom stereocenters. The summed E-state index contributed by atoms with van der Waals surface area (Å²) in [5.41, 5.74) is 2.23. The van der Waals surface area contributed by atoms with Crippen molar-refractivity contribution < 1.29 is 28.1 Å². The first-order valence-electron chi connectivity index (χ1n) is 9.79. The normalized spacial score (nSPS) is 13.2. The third kappa shape index (κ3) is 3.47. The Hall–Kier alpha value is -4.47. The fourth-order valence-corrected chi connectivity index (χ4v) is 3.33. The van der Waals surface area contributed by atoms with E-state index in [1.54, 1.807) is 24.4 Å². The molecule has 2 aliphatic rings. The summed E-state index contributed by atoms with van der Waals surface area (Å²) in [6.45, 7) is 0.723. The Labute approximate surface area is 181 Å². The lowest BCUT2D eigenvalue weighted by atomic mass is 10.2. The first kappa shape index (κ1) is 18.3. The van der Waals surface area contributed by atoms with Crippen LogP contribution in [0.15, 0.2) is 59.1 Å². The van der Waals surface area contributed by atoms with Crippen molar-refractivity contribution in [3.8, 4) is 40.3 Å². The van der Waals surface area contributed by atoms with Crippen molar-refractivity contribution in [1.82, 2.24) is 15.2 Å². The highest BCUT2D eigenvalue weighted by molar-refractivity contribution is 5.63. The smallest absolute Gasteiger partial charge is 0.320 e. The van der Waals surface area contributed by atoms with E-state index in [1.807, 2.05) is 30.3 Å². The second-order valence-corrected chi connectivity index (χ2v) is 6.94. The zero-order valence-corrected chi connectivity index (χ0v) is 16.6. The summed E-state index contributed by atoms with van der Waals surface area (Å²) in [5, 5.41) is 11.3. The second kappa shape index (κ2) is 7.65.